The highest BCUT2D eigenvalue weighted by Gasteiger charge is 2.13. The van der Waals surface area contributed by atoms with E-state index < -0.39 is 0 Å². The minimum Gasteiger partial charge on any atom is -0.494 e. The Morgan fingerprint density at radius 2 is 2.07 bits per heavy atom. The van der Waals surface area contributed by atoms with Gasteiger partial charge in [-0.15, -0.1) is 0 Å². The second-order valence-corrected chi connectivity index (χ2v) is 7.53. The fraction of sp³-hybridized carbons (Fsp3) is 0.600. The van der Waals surface area contributed by atoms with E-state index in [1.165, 1.54) is 37.9 Å². The smallest absolute Gasteiger partial charge is 0.249 e. The predicted molar refractivity (Wildman–Crippen MR) is 107 cm³/mol. The number of rotatable bonds is 9. The molecular weight excluding hydrogens is 356 g/mol. The zero-order valence-corrected chi connectivity index (χ0v) is 16.8. The number of benzene rings is 1. The molecule has 1 amide bonds. The molecule has 1 aromatic carbocycles. The molecule has 1 aliphatic heterocycles. The number of nitrogens with zero attached hydrogens (tertiary/aromatic N) is 5. The number of hydrogen-bond donors (Lipinski definition) is 1. The number of anilines is 1. The van der Waals surface area contributed by atoms with Crippen LogP contribution in [0, 0.1) is 0 Å². The summed E-state index contributed by atoms with van der Waals surface area (Å²) in [6.45, 7) is 7.75. The van der Waals surface area contributed by atoms with E-state index in [2.05, 4.69) is 37.9 Å². The van der Waals surface area contributed by atoms with Gasteiger partial charge in [0.1, 0.15) is 5.75 Å². The molecule has 3 rings (SSSR count). The van der Waals surface area contributed by atoms with Crippen LogP contribution >= 0.6 is 0 Å². The molecule has 1 aromatic heterocycles. The van der Waals surface area contributed by atoms with Gasteiger partial charge in [0, 0.05) is 13.0 Å². The van der Waals surface area contributed by atoms with Crippen LogP contribution in [0.1, 0.15) is 57.6 Å². The Kier molecular flexibility index (Phi) is 7.36. The van der Waals surface area contributed by atoms with E-state index in [4.69, 9.17) is 4.74 Å². The van der Waals surface area contributed by atoms with Gasteiger partial charge in [-0.2, -0.15) is 0 Å². The van der Waals surface area contributed by atoms with Crippen molar-refractivity contribution < 1.29 is 9.53 Å². The molecule has 0 aliphatic carbocycles. The van der Waals surface area contributed by atoms with Gasteiger partial charge in [0.15, 0.2) is 0 Å². The SMILES string of the molecule is CC(C)n1nnnc1NC(=O)CCCOc1cccc(CN2CCCCC2)c1. The number of aromatic nitrogens is 4. The molecule has 0 saturated carbocycles. The molecule has 1 saturated heterocycles. The van der Waals surface area contributed by atoms with Crippen LogP contribution in [0.5, 0.6) is 5.75 Å². The van der Waals surface area contributed by atoms with Crippen molar-refractivity contribution in [3.05, 3.63) is 29.8 Å². The zero-order valence-electron chi connectivity index (χ0n) is 16.8. The first-order valence-corrected chi connectivity index (χ1v) is 10.1. The van der Waals surface area contributed by atoms with E-state index in [9.17, 15) is 4.79 Å². The number of carbonyl (C=O) groups is 1. The zero-order chi connectivity index (χ0) is 19.8. The second kappa shape index (κ2) is 10.2. The van der Waals surface area contributed by atoms with Crippen LogP contribution in [0.15, 0.2) is 24.3 Å². The molecule has 1 N–H and O–H groups in total. The van der Waals surface area contributed by atoms with E-state index in [1.54, 1.807) is 4.68 Å². The van der Waals surface area contributed by atoms with Crippen molar-refractivity contribution in [3.8, 4) is 5.75 Å². The maximum Gasteiger partial charge on any atom is 0.249 e. The Bertz CT molecular complexity index is 755. The van der Waals surface area contributed by atoms with Gasteiger partial charge in [-0.1, -0.05) is 23.7 Å². The average molecular weight is 387 g/mol. The third-order valence-corrected chi connectivity index (χ3v) is 4.80. The third kappa shape index (κ3) is 6.02. The average Bonchev–Trinajstić information content (AvgIpc) is 3.15. The van der Waals surface area contributed by atoms with Crippen LogP contribution in [-0.4, -0.2) is 50.7 Å². The molecule has 0 atom stereocenters. The summed E-state index contributed by atoms with van der Waals surface area (Å²) < 4.78 is 7.42. The Morgan fingerprint density at radius 1 is 1.25 bits per heavy atom. The Balaban J connectivity index is 1.39. The number of tetrazole rings is 1. The first-order chi connectivity index (χ1) is 13.6. The number of piperidine rings is 1. The minimum atomic E-state index is -0.112. The minimum absolute atomic E-state index is 0.0887. The van der Waals surface area contributed by atoms with Crippen molar-refractivity contribution in [1.82, 2.24) is 25.1 Å². The van der Waals surface area contributed by atoms with Crippen LogP contribution in [0.4, 0.5) is 5.95 Å². The van der Waals surface area contributed by atoms with E-state index in [-0.39, 0.29) is 11.9 Å². The van der Waals surface area contributed by atoms with E-state index in [0.29, 0.717) is 25.4 Å². The fourth-order valence-electron chi connectivity index (χ4n) is 3.34. The van der Waals surface area contributed by atoms with Crippen molar-refractivity contribution >= 4 is 11.9 Å². The Morgan fingerprint density at radius 3 is 2.86 bits per heavy atom. The molecule has 0 radical (unpaired) electrons. The van der Waals surface area contributed by atoms with Gasteiger partial charge in [-0.3, -0.25) is 15.0 Å². The standard InChI is InChI=1S/C20H30N6O2/c1-16(2)26-20(22-23-24-26)21-19(27)10-7-13-28-18-9-6-8-17(14-18)15-25-11-4-3-5-12-25/h6,8-9,14,16H,3-5,7,10-13,15H2,1-2H3,(H,21,22,24,27). The van der Waals surface area contributed by atoms with E-state index in [0.717, 1.165) is 12.3 Å². The molecule has 1 aliphatic rings. The lowest BCUT2D eigenvalue weighted by Gasteiger charge is -2.26. The number of amides is 1. The number of hydrogen-bond acceptors (Lipinski definition) is 6. The summed E-state index contributed by atoms with van der Waals surface area (Å²) in [4.78, 5) is 14.6. The topological polar surface area (TPSA) is 85.2 Å². The van der Waals surface area contributed by atoms with Gasteiger partial charge in [0.25, 0.3) is 0 Å². The van der Waals surface area contributed by atoms with Crippen LogP contribution in [0.25, 0.3) is 0 Å². The lowest BCUT2D eigenvalue weighted by molar-refractivity contribution is -0.116. The number of ether oxygens (including phenoxy) is 1. The van der Waals surface area contributed by atoms with Crippen molar-refractivity contribution in [2.75, 3.05) is 25.0 Å². The largest absolute Gasteiger partial charge is 0.494 e. The Labute approximate surface area is 166 Å². The quantitative estimate of drug-likeness (QED) is 0.667. The van der Waals surface area contributed by atoms with E-state index >= 15 is 0 Å². The predicted octanol–water partition coefficient (Wildman–Crippen LogP) is 3.04. The van der Waals surface area contributed by atoms with Gasteiger partial charge < -0.3 is 4.74 Å². The van der Waals surface area contributed by atoms with Crippen LogP contribution in [0.3, 0.4) is 0 Å². The second-order valence-electron chi connectivity index (χ2n) is 7.53. The van der Waals surface area contributed by atoms with Crippen LogP contribution in [-0.2, 0) is 11.3 Å². The fourth-order valence-corrected chi connectivity index (χ4v) is 3.34. The molecule has 1 fully saturated rings. The first kappa shape index (κ1) is 20.3. The first-order valence-electron chi connectivity index (χ1n) is 10.1. The normalized spacial score (nSPS) is 15.0. The van der Waals surface area contributed by atoms with Gasteiger partial charge >= 0.3 is 0 Å². The van der Waals surface area contributed by atoms with Gasteiger partial charge in [0.05, 0.1) is 12.6 Å². The summed E-state index contributed by atoms with van der Waals surface area (Å²) in [6.07, 6.45) is 4.92. The highest BCUT2D eigenvalue weighted by atomic mass is 16.5. The molecular formula is C20H30N6O2. The number of likely N-dealkylation sites (tertiary alicyclic amines) is 1. The lowest BCUT2D eigenvalue weighted by atomic mass is 10.1. The highest BCUT2D eigenvalue weighted by molar-refractivity contribution is 5.88. The number of nitrogens with one attached hydrogen (secondary N) is 1. The maximum absolute atomic E-state index is 12.1. The summed E-state index contributed by atoms with van der Waals surface area (Å²) in [6, 6.07) is 8.34. The van der Waals surface area contributed by atoms with Crippen molar-refractivity contribution in [2.45, 2.75) is 58.5 Å². The molecule has 0 spiro atoms. The van der Waals surface area contributed by atoms with Gasteiger partial charge in [-0.05, 0) is 74.3 Å². The molecule has 0 unspecified atom stereocenters. The Hall–Kier alpha value is -2.48. The van der Waals surface area contributed by atoms with E-state index in [1.807, 2.05) is 26.0 Å². The van der Waals surface area contributed by atoms with Gasteiger partial charge in [0.2, 0.25) is 11.9 Å². The highest BCUT2D eigenvalue weighted by Crippen LogP contribution is 2.18. The summed E-state index contributed by atoms with van der Waals surface area (Å²) in [7, 11) is 0. The summed E-state index contributed by atoms with van der Waals surface area (Å²) in [5, 5.41) is 14.1. The maximum atomic E-state index is 12.1. The van der Waals surface area contributed by atoms with Gasteiger partial charge in [-0.25, -0.2) is 4.68 Å². The number of carbonyl (C=O) groups excluding carboxylic acids is 1. The summed E-state index contributed by atoms with van der Waals surface area (Å²) in [5.41, 5.74) is 1.28. The monoisotopic (exact) mass is 386 g/mol. The third-order valence-electron chi connectivity index (χ3n) is 4.80. The van der Waals surface area contributed by atoms with Crippen molar-refractivity contribution in [1.29, 1.82) is 0 Å². The van der Waals surface area contributed by atoms with Crippen LogP contribution in [0.2, 0.25) is 0 Å². The summed E-state index contributed by atoms with van der Waals surface area (Å²) in [5.74, 6) is 1.13. The lowest BCUT2D eigenvalue weighted by Crippen LogP contribution is -2.29. The van der Waals surface area contributed by atoms with Crippen molar-refractivity contribution in [3.63, 3.8) is 0 Å². The molecule has 2 aromatic rings. The molecule has 8 nitrogen and oxygen atoms in total. The molecule has 2 heterocycles. The van der Waals surface area contributed by atoms with Crippen molar-refractivity contribution in [2.24, 2.45) is 0 Å². The van der Waals surface area contributed by atoms with Crippen LogP contribution < -0.4 is 10.1 Å². The molecule has 152 valence electrons. The molecule has 8 heteroatoms. The summed E-state index contributed by atoms with van der Waals surface area (Å²) >= 11 is 0. The molecule has 0 bridgehead atoms. The molecule has 28 heavy (non-hydrogen) atoms.